The van der Waals surface area contributed by atoms with E-state index in [-0.39, 0.29) is 28.5 Å². The van der Waals surface area contributed by atoms with E-state index in [1.807, 2.05) is 0 Å². The van der Waals surface area contributed by atoms with E-state index in [2.05, 4.69) is 29.4 Å². The number of rotatable bonds is 2. The minimum Gasteiger partial charge on any atom is -0.366 e. The molecule has 0 unspecified atom stereocenters. The molecule has 146 valence electrons. The fourth-order valence-electron chi connectivity index (χ4n) is 5.70. The molecular weight excluding hydrogens is 364 g/mol. The largest absolute Gasteiger partial charge is 0.366 e. The second-order valence-corrected chi connectivity index (χ2v) is 8.46. The summed E-state index contributed by atoms with van der Waals surface area (Å²) in [7, 11) is 0. The molecule has 1 N–H and O–H groups in total. The molecule has 1 saturated carbocycles. The number of carbonyl (C=O) groups is 1. The standard InChI is InChI=1S/C21H21F2N3O2/c1-20(2)12-6-7-21(20,18-19(27)24-8-9-28-18)17-11(12)10-15(25-26-17)16-13(22)4-3-5-14(16)23/h3-5,10,12,18H,6-9H2,1-2H3,(H,24,27)/t12-,18-,21+/m0/s1. The van der Waals surface area contributed by atoms with Gasteiger partial charge in [-0.25, -0.2) is 8.78 Å². The highest BCUT2D eigenvalue weighted by Gasteiger charge is 2.68. The zero-order chi connectivity index (χ0) is 19.7. The van der Waals surface area contributed by atoms with Crippen LogP contribution in [0.5, 0.6) is 0 Å². The van der Waals surface area contributed by atoms with Gasteiger partial charge in [-0.1, -0.05) is 19.9 Å². The number of amides is 1. The summed E-state index contributed by atoms with van der Waals surface area (Å²) in [4.78, 5) is 12.7. The zero-order valence-corrected chi connectivity index (χ0v) is 15.8. The van der Waals surface area contributed by atoms with Crippen molar-refractivity contribution in [3.63, 3.8) is 0 Å². The first-order valence-corrected chi connectivity index (χ1v) is 9.60. The van der Waals surface area contributed by atoms with E-state index in [0.29, 0.717) is 13.2 Å². The third kappa shape index (κ3) is 2.05. The topological polar surface area (TPSA) is 64.1 Å². The maximum Gasteiger partial charge on any atom is 0.250 e. The molecule has 0 radical (unpaired) electrons. The Balaban J connectivity index is 1.68. The Hall–Kier alpha value is -2.41. The lowest BCUT2D eigenvalue weighted by atomic mass is 9.64. The molecule has 28 heavy (non-hydrogen) atoms. The minimum atomic E-state index is -0.665. The molecule has 1 amide bonds. The fraction of sp³-hybridized carbons (Fsp3) is 0.476. The Labute approximate surface area is 161 Å². The molecule has 2 heterocycles. The Morgan fingerprint density at radius 1 is 1.21 bits per heavy atom. The summed E-state index contributed by atoms with van der Waals surface area (Å²) in [5.74, 6) is -1.33. The lowest BCUT2D eigenvalue weighted by Gasteiger charge is -2.44. The Bertz CT molecular complexity index is 973. The first-order chi connectivity index (χ1) is 13.4. The zero-order valence-electron chi connectivity index (χ0n) is 15.8. The van der Waals surface area contributed by atoms with Gasteiger partial charge in [-0.3, -0.25) is 4.79 Å². The van der Waals surface area contributed by atoms with Gasteiger partial charge >= 0.3 is 0 Å². The number of hydrogen-bond acceptors (Lipinski definition) is 4. The maximum absolute atomic E-state index is 14.3. The highest BCUT2D eigenvalue weighted by molar-refractivity contribution is 5.84. The van der Waals surface area contributed by atoms with E-state index in [1.165, 1.54) is 18.2 Å². The highest BCUT2D eigenvalue weighted by Crippen LogP contribution is 2.69. The SMILES string of the molecule is CC1(C)[C@H]2CC[C@]1([C@H]1OCCNC1=O)c1nnc(-c3c(F)cccc3F)cc12. The van der Waals surface area contributed by atoms with Gasteiger partial charge in [-0.15, -0.1) is 5.10 Å². The quantitative estimate of drug-likeness (QED) is 0.863. The smallest absolute Gasteiger partial charge is 0.250 e. The normalized spacial score (nSPS) is 30.2. The molecule has 1 aromatic carbocycles. The van der Waals surface area contributed by atoms with E-state index < -0.39 is 23.2 Å². The number of nitrogens with one attached hydrogen (secondary N) is 1. The number of carbonyl (C=O) groups excluding carboxylic acids is 1. The van der Waals surface area contributed by atoms with Crippen LogP contribution in [0.25, 0.3) is 11.3 Å². The highest BCUT2D eigenvalue weighted by atomic mass is 19.1. The van der Waals surface area contributed by atoms with E-state index in [1.54, 1.807) is 6.07 Å². The van der Waals surface area contributed by atoms with Crippen LogP contribution in [-0.4, -0.2) is 35.4 Å². The summed E-state index contributed by atoms with van der Waals surface area (Å²) in [5.41, 5.74) is 0.801. The predicted octanol–water partition coefficient (Wildman–Crippen LogP) is 3.09. The second kappa shape index (κ2) is 5.80. The van der Waals surface area contributed by atoms with Crippen LogP contribution in [0.2, 0.25) is 0 Å². The van der Waals surface area contributed by atoms with Gasteiger partial charge in [0.05, 0.1) is 29.0 Å². The monoisotopic (exact) mass is 385 g/mol. The number of benzene rings is 1. The lowest BCUT2D eigenvalue weighted by Crippen LogP contribution is -2.58. The maximum atomic E-state index is 14.3. The van der Waals surface area contributed by atoms with Crippen LogP contribution in [0.15, 0.2) is 24.3 Å². The van der Waals surface area contributed by atoms with E-state index >= 15 is 0 Å². The van der Waals surface area contributed by atoms with Crippen molar-refractivity contribution in [1.29, 1.82) is 0 Å². The second-order valence-electron chi connectivity index (χ2n) is 8.46. The van der Waals surface area contributed by atoms with Gasteiger partial charge in [0.1, 0.15) is 17.7 Å². The number of halogens is 2. The van der Waals surface area contributed by atoms with Gasteiger partial charge < -0.3 is 10.1 Å². The molecular formula is C21H21F2N3O2. The first kappa shape index (κ1) is 17.7. The first-order valence-electron chi connectivity index (χ1n) is 9.60. The molecule has 2 aliphatic carbocycles. The molecule has 3 aliphatic rings. The van der Waals surface area contributed by atoms with Crippen molar-refractivity contribution in [2.24, 2.45) is 5.41 Å². The van der Waals surface area contributed by atoms with Crippen LogP contribution in [0.3, 0.4) is 0 Å². The molecule has 0 spiro atoms. The minimum absolute atomic E-state index is 0.126. The third-order valence-electron chi connectivity index (χ3n) is 7.06. The summed E-state index contributed by atoms with van der Waals surface area (Å²) < 4.78 is 34.5. The molecule has 7 heteroatoms. The number of aromatic nitrogens is 2. The fourth-order valence-corrected chi connectivity index (χ4v) is 5.70. The molecule has 5 nitrogen and oxygen atoms in total. The summed E-state index contributed by atoms with van der Waals surface area (Å²) in [5, 5.41) is 11.5. The van der Waals surface area contributed by atoms with E-state index in [0.717, 1.165) is 24.1 Å². The van der Waals surface area contributed by atoms with Crippen LogP contribution < -0.4 is 5.32 Å². The van der Waals surface area contributed by atoms with E-state index in [4.69, 9.17) is 4.74 Å². The molecule has 1 aromatic heterocycles. The van der Waals surface area contributed by atoms with Crippen LogP contribution in [-0.2, 0) is 14.9 Å². The summed E-state index contributed by atoms with van der Waals surface area (Å²) in [6.07, 6.45) is 1.02. The third-order valence-corrected chi connectivity index (χ3v) is 7.06. The molecule has 2 aromatic rings. The van der Waals surface area contributed by atoms with Crippen molar-refractivity contribution in [1.82, 2.24) is 15.5 Å². The summed E-state index contributed by atoms with van der Waals surface area (Å²) in [6.45, 7) is 5.21. The van der Waals surface area contributed by atoms with Crippen molar-refractivity contribution >= 4 is 5.91 Å². The Morgan fingerprint density at radius 3 is 2.68 bits per heavy atom. The predicted molar refractivity (Wildman–Crippen MR) is 97.6 cm³/mol. The van der Waals surface area contributed by atoms with Crippen molar-refractivity contribution in [2.45, 2.75) is 44.1 Å². The molecule has 5 rings (SSSR count). The van der Waals surface area contributed by atoms with Gasteiger partial charge in [0.15, 0.2) is 0 Å². The van der Waals surface area contributed by atoms with Crippen molar-refractivity contribution in [3.05, 3.63) is 47.2 Å². The van der Waals surface area contributed by atoms with Crippen molar-refractivity contribution < 1.29 is 18.3 Å². The lowest BCUT2D eigenvalue weighted by molar-refractivity contribution is -0.148. The van der Waals surface area contributed by atoms with Gasteiger partial charge in [-0.05, 0) is 47.9 Å². The summed E-state index contributed by atoms with van der Waals surface area (Å²) >= 11 is 0. The van der Waals surface area contributed by atoms with Crippen LogP contribution in [0, 0.1) is 17.0 Å². The molecule has 2 bridgehead atoms. The van der Waals surface area contributed by atoms with Crippen LogP contribution in [0.1, 0.15) is 43.9 Å². The van der Waals surface area contributed by atoms with Gasteiger partial charge in [0.25, 0.3) is 0 Å². The molecule has 1 saturated heterocycles. The van der Waals surface area contributed by atoms with Gasteiger partial charge in [0, 0.05) is 6.54 Å². The number of nitrogens with zero attached hydrogens (tertiary/aromatic N) is 2. The average Bonchev–Trinajstić information content (AvgIpc) is 3.03. The Morgan fingerprint density at radius 2 is 1.96 bits per heavy atom. The number of ether oxygens (including phenoxy) is 1. The van der Waals surface area contributed by atoms with E-state index in [9.17, 15) is 13.6 Å². The summed E-state index contributed by atoms with van der Waals surface area (Å²) in [6, 6.07) is 5.50. The molecule has 2 fully saturated rings. The average molecular weight is 385 g/mol. The van der Waals surface area contributed by atoms with Gasteiger partial charge in [0.2, 0.25) is 5.91 Å². The van der Waals surface area contributed by atoms with Crippen molar-refractivity contribution in [2.75, 3.05) is 13.2 Å². The van der Waals surface area contributed by atoms with Gasteiger partial charge in [-0.2, -0.15) is 5.10 Å². The molecule has 1 aliphatic heterocycles. The number of hydrogen-bond donors (Lipinski definition) is 1. The number of morpholine rings is 1. The van der Waals surface area contributed by atoms with Crippen LogP contribution in [0.4, 0.5) is 8.78 Å². The number of fused-ring (bicyclic) bond motifs is 5. The molecule has 3 atom stereocenters. The van der Waals surface area contributed by atoms with Crippen LogP contribution >= 0.6 is 0 Å². The Kier molecular flexibility index (Phi) is 3.66. The van der Waals surface area contributed by atoms with Crippen molar-refractivity contribution in [3.8, 4) is 11.3 Å².